The van der Waals surface area contributed by atoms with Crippen molar-refractivity contribution < 1.29 is 13.2 Å². The lowest BCUT2D eigenvalue weighted by Gasteiger charge is -2.16. The van der Waals surface area contributed by atoms with E-state index in [2.05, 4.69) is 15.7 Å². The minimum Gasteiger partial charge on any atom is -0.323 e. The van der Waals surface area contributed by atoms with Gasteiger partial charge < -0.3 is 5.32 Å². The van der Waals surface area contributed by atoms with E-state index in [9.17, 15) is 13.2 Å². The summed E-state index contributed by atoms with van der Waals surface area (Å²) in [6, 6.07) is 3.47. The summed E-state index contributed by atoms with van der Waals surface area (Å²) in [5.41, 5.74) is 0.940. The molecule has 0 saturated carbocycles. The maximum atomic E-state index is 12.7. The highest BCUT2D eigenvalue weighted by atomic mass is 35.5. The highest BCUT2D eigenvalue weighted by Gasteiger charge is 2.34. The van der Waals surface area contributed by atoms with Crippen molar-refractivity contribution in [3.05, 3.63) is 28.8 Å². The zero-order valence-electron chi connectivity index (χ0n) is 8.77. The fraction of sp³-hybridized carbons (Fsp3) is 0.222. The zero-order chi connectivity index (χ0) is 13.1. The van der Waals surface area contributed by atoms with Crippen LogP contribution < -0.4 is 16.6 Å². The highest BCUT2D eigenvalue weighted by molar-refractivity contribution is 6.34. The third-order valence-corrected chi connectivity index (χ3v) is 2.24. The molecule has 1 aromatic rings. The van der Waals surface area contributed by atoms with E-state index in [-0.39, 0.29) is 16.7 Å². The average molecular weight is 267 g/mol. The number of halogens is 4. The number of nitrogens with one attached hydrogen (secondary N) is 2. The summed E-state index contributed by atoms with van der Waals surface area (Å²) in [4.78, 5) is 3.61. The van der Waals surface area contributed by atoms with Crippen LogP contribution in [0.4, 0.5) is 18.9 Å². The van der Waals surface area contributed by atoms with Crippen molar-refractivity contribution in [2.24, 2.45) is 10.8 Å². The molecule has 0 spiro atoms. The van der Waals surface area contributed by atoms with Crippen LogP contribution in [0.25, 0.3) is 0 Å². The Morgan fingerprint density at radius 2 is 2.06 bits per heavy atom. The molecule has 8 heteroatoms. The minimum absolute atomic E-state index is 0.0244. The normalized spacial score (nSPS) is 12.5. The molecule has 0 aliphatic carbocycles. The van der Waals surface area contributed by atoms with Crippen LogP contribution >= 0.6 is 11.6 Å². The lowest BCUT2D eigenvalue weighted by atomic mass is 10.1. The summed E-state index contributed by atoms with van der Waals surface area (Å²) in [5, 5.41) is 2.31. The van der Waals surface area contributed by atoms with Gasteiger partial charge in [0.25, 0.3) is 0 Å². The molecule has 4 nitrogen and oxygen atoms in total. The van der Waals surface area contributed by atoms with Crippen molar-refractivity contribution in [2.75, 3.05) is 12.4 Å². The Labute approximate surface area is 101 Å². The quantitative estimate of drug-likeness (QED) is 0.316. The maximum Gasteiger partial charge on any atom is 0.418 e. The van der Waals surface area contributed by atoms with Crippen molar-refractivity contribution >= 4 is 23.2 Å². The lowest BCUT2D eigenvalue weighted by molar-refractivity contribution is -0.136. The molecule has 4 N–H and O–H groups in total. The predicted octanol–water partition coefficient (Wildman–Crippen LogP) is 2.22. The number of para-hydroxylation sites is 1. The SMILES string of the molecule is CN=C(NN)Nc1c(Cl)cccc1C(F)(F)F. The number of alkyl halides is 3. The van der Waals surface area contributed by atoms with Crippen molar-refractivity contribution in [1.82, 2.24) is 5.43 Å². The molecular formula is C9H10ClF3N4. The van der Waals surface area contributed by atoms with E-state index in [4.69, 9.17) is 17.4 Å². The highest BCUT2D eigenvalue weighted by Crippen LogP contribution is 2.38. The van der Waals surface area contributed by atoms with E-state index in [1.54, 1.807) is 0 Å². The molecule has 0 radical (unpaired) electrons. The van der Waals surface area contributed by atoms with E-state index in [0.29, 0.717) is 0 Å². The number of hydrogen-bond donors (Lipinski definition) is 3. The number of guanidine groups is 1. The molecule has 0 bridgehead atoms. The molecule has 1 rings (SSSR count). The van der Waals surface area contributed by atoms with E-state index >= 15 is 0 Å². The lowest BCUT2D eigenvalue weighted by Crippen LogP contribution is -2.36. The Morgan fingerprint density at radius 3 is 2.53 bits per heavy atom. The van der Waals surface area contributed by atoms with Crippen LogP contribution in [0.1, 0.15) is 5.56 Å². The molecule has 0 heterocycles. The molecule has 0 fully saturated rings. The first kappa shape index (κ1) is 13.6. The second-order valence-electron chi connectivity index (χ2n) is 3.00. The molecule has 0 amide bonds. The van der Waals surface area contributed by atoms with E-state index in [0.717, 1.165) is 6.07 Å². The zero-order valence-corrected chi connectivity index (χ0v) is 9.52. The van der Waals surface area contributed by atoms with Crippen molar-refractivity contribution in [3.63, 3.8) is 0 Å². The second kappa shape index (κ2) is 5.24. The number of nitrogens with two attached hydrogens (primary N) is 1. The topological polar surface area (TPSA) is 62.4 Å². The van der Waals surface area contributed by atoms with Crippen LogP contribution in [0.3, 0.4) is 0 Å². The largest absolute Gasteiger partial charge is 0.418 e. The Kier molecular flexibility index (Phi) is 4.19. The van der Waals surface area contributed by atoms with Crippen molar-refractivity contribution in [1.29, 1.82) is 0 Å². The minimum atomic E-state index is -4.51. The van der Waals surface area contributed by atoms with Gasteiger partial charge in [0.15, 0.2) is 0 Å². The smallest absolute Gasteiger partial charge is 0.323 e. The molecule has 0 atom stereocenters. The first-order chi connectivity index (χ1) is 7.90. The van der Waals surface area contributed by atoms with Gasteiger partial charge in [0.2, 0.25) is 5.96 Å². The van der Waals surface area contributed by atoms with Crippen LogP contribution in [0.15, 0.2) is 23.2 Å². The van der Waals surface area contributed by atoms with Crippen molar-refractivity contribution in [3.8, 4) is 0 Å². The van der Waals surface area contributed by atoms with Gasteiger partial charge in [0.05, 0.1) is 16.3 Å². The fourth-order valence-corrected chi connectivity index (χ4v) is 1.38. The average Bonchev–Trinajstić information content (AvgIpc) is 2.26. The molecule has 0 saturated heterocycles. The number of aliphatic imine (C=N–C) groups is 1. The number of benzene rings is 1. The molecule has 0 aliphatic rings. The molecule has 0 unspecified atom stereocenters. The molecule has 1 aromatic carbocycles. The first-order valence-corrected chi connectivity index (χ1v) is 4.84. The fourth-order valence-electron chi connectivity index (χ4n) is 1.16. The maximum absolute atomic E-state index is 12.7. The van der Waals surface area contributed by atoms with Gasteiger partial charge in [-0.25, -0.2) is 5.84 Å². The first-order valence-electron chi connectivity index (χ1n) is 4.46. The van der Waals surface area contributed by atoms with Crippen LogP contribution in [0.2, 0.25) is 5.02 Å². The van der Waals surface area contributed by atoms with E-state index < -0.39 is 11.7 Å². The number of anilines is 1. The summed E-state index contributed by atoms with van der Waals surface area (Å²) in [5.74, 6) is 5.05. The van der Waals surface area contributed by atoms with Gasteiger partial charge in [-0.05, 0) is 12.1 Å². The monoisotopic (exact) mass is 266 g/mol. The van der Waals surface area contributed by atoms with Crippen LogP contribution in [-0.2, 0) is 6.18 Å². The summed E-state index contributed by atoms with van der Waals surface area (Å²) in [7, 11) is 1.37. The van der Waals surface area contributed by atoms with Gasteiger partial charge >= 0.3 is 6.18 Å². The summed E-state index contributed by atoms with van der Waals surface area (Å²) >= 11 is 5.71. The Balaban J connectivity index is 3.22. The molecule has 94 valence electrons. The van der Waals surface area contributed by atoms with Crippen LogP contribution in [0, 0.1) is 0 Å². The number of nitrogens with zero attached hydrogens (tertiary/aromatic N) is 1. The van der Waals surface area contributed by atoms with Gasteiger partial charge in [-0.2, -0.15) is 13.2 Å². The second-order valence-corrected chi connectivity index (χ2v) is 3.41. The summed E-state index contributed by atoms with van der Waals surface area (Å²) in [6.07, 6.45) is -4.51. The van der Waals surface area contributed by atoms with Gasteiger partial charge in [-0.3, -0.25) is 10.4 Å². The standard InChI is InChI=1S/C9H10ClF3N4/c1-15-8(17-14)16-7-5(9(11,12)13)3-2-4-6(7)10/h2-4H,14H2,1H3,(H2,15,16,17). The number of rotatable bonds is 1. The van der Waals surface area contributed by atoms with Crippen molar-refractivity contribution in [2.45, 2.75) is 6.18 Å². The molecule has 17 heavy (non-hydrogen) atoms. The van der Waals surface area contributed by atoms with E-state index in [1.165, 1.54) is 19.2 Å². The molecule has 0 aliphatic heterocycles. The third kappa shape index (κ3) is 3.24. The van der Waals surface area contributed by atoms with Gasteiger partial charge in [-0.15, -0.1) is 0 Å². The predicted molar refractivity (Wildman–Crippen MR) is 60.8 cm³/mol. The van der Waals surface area contributed by atoms with Gasteiger partial charge in [-0.1, -0.05) is 17.7 Å². The Hall–Kier alpha value is -1.47. The number of hydrogen-bond acceptors (Lipinski definition) is 2. The Morgan fingerprint density at radius 1 is 1.41 bits per heavy atom. The third-order valence-electron chi connectivity index (χ3n) is 1.92. The molecule has 0 aromatic heterocycles. The molecular weight excluding hydrogens is 257 g/mol. The summed E-state index contributed by atoms with van der Waals surface area (Å²) < 4.78 is 38.1. The van der Waals surface area contributed by atoms with E-state index in [1.807, 2.05) is 0 Å². The number of hydrazine groups is 1. The van der Waals surface area contributed by atoms with Gasteiger partial charge in [0, 0.05) is 7.05 Å². The summed E-state index contributed by atoms with van der Waals surface area (Å²) in [6.45, 7) is 0. The van der Waals surface area contributed by atoms with Crippen LogP contribution in [0.5, 0.6) is 0 Å². The van der Waals surface area contributed by atoms with Gasteiger partial charge in [0.1, 0.15) is 0 Å². The van der Waals surface area contributed by atoms with Crippen LogP contribution in [-0.4, -0.2) is 13.0 Å². The Bertz CT molecular complexity index is 431.